The molecule has 0 aromatic heterocycles. The summed E-state index contributed by atoms with van der Waals surface area (Å²) in [4.78, 5) is 12.2. The van der Waals surface area contributed by atoms with Gasteiger partial charge >= 0.3 is 0 Å². The van der Waals surface area contributed by atoms with Crippen LogP contribution >= 0.6 is 0 Å². The van der Waals surface area contributed by atoms with Gasteiger partial charge in [-0.1, -0.05) is 187 Å². The monoisotopic (exact) mass is 608 g/mol. The number of aliphatic hydroxyl groups is 2. The highest BCUT2D eigenvalue weighted by Crippen LogP contribution is 2.16. The first-order valence-corrected chi connectivity index (χ1v) is 19.4. The molecule has 0 radical (unpaired) electrons. The first kappa shape index (κ1) is 42.1. The van der Waals surface area contributed by atoms with Crippen molar-refractivity contribution in [2.75, 3.05) is 6.61 Å². The number of nitrogens with one attached hydrogen (secondary N) is 1. The van der Waals surface area contributed by atoms with Crippen molar-refractivity contribution in [3.05, 3.63) is 12.2 Å². The zero-order chi connectivity index (χ0) is 31.5. The molecule has 2 atom stereocenters. The van der Waals surface area contributed by atoms with Crippen LogP contribution in [-0.4, -0.2) is 34.9 Å². The van der Waals surface area contributed by atoms with Gasteiger partial charge in [0.25, 0.3) is 0 Å². The lowest BCUT2D eigenvalue weighted by molar-refractivity contribution is -0.123. The normalized spacial score (nSPS) is 13.1. The Morgan fingerprint density at radius 3 is 1.28 bits per heavy atom. The Labute approximate surface area is 269 Å². The van der Waals surface area contributed by atoms with Gasteiger partial charge in [0.05, 0.1) is 18.8 Å². The van der Waals surface area contributed by atoms with Gasteiger partial charge in [-0.2, -0.15) is 0 Å². The fourth-order valence-electron chi connectivity index (χ4n) is 6.01. The lowest BCUT2D eigenvalue weighted by Gasteiger charge is -2.22. The van der Waals surface area contributed by atoms with Gasteiger partial charge < -0.3 is 15.5 Å². The second-order valence-corrected chi connectivity index (χ2v) is 13.4. The second-order valence-electron chi connectivity index (χ2n) is 13.4. The number of hydrogen-bond acceptors (Lipinski definition) is 3. The standard InChI is InChI=1S/C39H77NO3/c1-3-5-7-9-11-13-14-15-16-17-18-19-20-21-22-23-24-25-27-28-30-32-34-38(42)37(36-41)40-39(43)35-33-31-29-26-12-10-8-6-4-2/h26,29,37-38,41-42H,3-25,27-28,30-36H2,1-2H3,(H,40,43)/b29-26-. The van der Waals surface area contributed by atoms with Crippen molar-refractivity contribution >= 4 is 5.91 Å². The molecular formula is C39H77NO3. The molecule has 0 aromatic rings. The highest BCUT2D eigenvalue weighted by Gasteiger charge is 2.19. The van der Waals surface area contributed by atoms with Gasteiger partial charge in [-0.25, -0.2) is 0 Å². The molecule has 0 saturated heterocycles. The Hall–Kier alpha value is -0.870. The fraction of sp³-hybridized carbons (Fsp3) is 0.923. The maximum atomic E-state index is 12.2. The van der Waals surface area contributed by atoms with Gasteiger partial charge in [-0.3, -0.25) is 4.79 Å². The molecule has 3 N–H and O–H groups in total. The molecule has 0 rings (SSSR count). The van der Waals surface area contributed by atoms with Gasteiger partial charge in [0.1, 0.15) is 0 Å². The molecule has 1 amide bonds. The number of aliphatic hydroxyl groups excluding tert-OH is 2. The Balaban J connectivity index is 3.47. The van der Waals surface area contributed by atoms with Crippen LogP contribution in [0.3, 0.4) is 0 Å². The molecule has 0 fully saturated rings. The van der Waals surface area contributed by atoms with E-state index in [9.17, 15) is 15.0 Å². The molecule has 0 aliphatic rings. The van der Waals surface area contributed by atoms with Crippen LogP contribution in [0.2, 0.25) is 0 Å². The molecule has 256 valence electrons. The van der Waals surface area contributed by atoms with Gasteiger partial charge in [-0.15, -0.1) is 0 Å². The van der Waals surface area contributed by atoms with Crippen LogP contribution in [0.4, 0.5) is 0 Å². The van der Waals surface area contributed by atoms with Crippen LogP contribution in [0.5, 0.6) is 0 Å². The van der Waals surface area contributed by atoms with E-state index in [4.69, 9.17) is 0 Å². The zero-order valence-corrected chi connectivity index (χ0v) is 29.2. The molecule has 43 heavy (non-hydrogen) atoms. The first-order chi connectivity index (χ1) is 21.2. The molecule has 0 heterocycles. The summed E-state index contributed by atoms with van der Waals surface area (Å²) in [6.07, 6.45) is 42.9. The molecule has 0 aromatic carbocycles. The third-order valence-corrected chi connectivity index (χ3v) is 9.03. The third-order valence-electron chi connectivity index (χ3n) is 9.03. The summed E-state index contributed by atoms with van der Waals surface area (Å²) in [7, 11) is 0. The molecule has 4 heteroatoms. The zero-order valence-electron chi connectivity index (χ0n) is 29.2. The van der Waals surface area contributed by atoms with Crippen LogP contribution < -0.4 is 5.32 Å². The maximum Gasteiger partial charge on any atom is 0.220 e. The molecule has 0 saturated carbocycles. The fourth-order valence-corrected chi connectivity index (χ4v) is 6.01. The molecule has 4 nitrogen and oxygen atoms in total. The minimum Gasteiger partial charge on any atom is -0.394 e. The van der Waals surface area contributed by atoms with E-state index in [1.807, 2.05) is 0 Å². The number of hydrogen-bond donors (Lipinski definition) is 3. The smallest absolute Gasteiger partial charge is 0.220 e. The maximum absolute atomic E-state index is 12.2. The Morgan fingerprint density at radius 1 is 0.535 bits per heavy atom. The van der Waals surface area contributed by atoms with E-state index in [1.54, 1.807) is 0 Å². The van der Waals surface area contributed by atoms with Crippen molar-refractivity contribution in [2.24, 2.45) is 0 Å². The van der Waals surface area contributed by atoms with Gasteiger partial charge in [0.15, 0.2) is 0 Å². The van der Waals surface area contributed by atoms with E-state index in [1.165, 1.54) is 154 Å². The first-order valence-electron chi connectivity index (χ1n) is 19.4. The van der Waals surface area contributed by atoms with Crippen LogP contribution in [0.1, 0.15) is 213 Å². The SMILES string of the molecule is CCCCCC/C=C\CCCC(=O)NC(CO)C(O)CCCCCCCCCCCCCCCCCCCCCCCC. The van der Waals surface area contributed by atoms with Gasteiger partial charge in [-0.05, 0) is 32.1 Å². The van der Waals surface area contributed by atoms with Crippen LogP contribution in [0, 0.1) is 0 Å². The van der Waals surface area contributed by atoms with Crippen molar-refractivity contribution in [1.82, 2.24) is 5.32 Å². The van der Waals surface area contributed by atoms with Crippen molar-refractivity contribution in [3.8, 4) is 0 Å². The average molecular weight is 608 g/mol. The average Bonchev–Trinajstić information content (AvgIpc) is 3.01. The summed E-state index contributed by atoms with van der Waals surface area (Å²) in [5.74, 6) is -0.0662. The van der Waals surface area contributed by atoms with Crippen LogP contribution in [-0.2, 0) is 4.79 Å². The summed E-state index contributed by atoms with van der Waals surface area (Å²) in [5.41, 5.74) is 0. The predicted molar refractivity (Wildman–Crippen MR) is 189 cm³/mol. The number of rotatable bonds is 35. The Kier molecular flexibility index (Phi) is 34.9. The lowest BCUT2D eigenvalue weighted by atomic mass is 10.0. The minimum absolute atomic E-state index is 0.0662. The van der Waals surface area contributed by atoms with Gasteiger partial charge in [0.2, 0.25) is 5.91 Å². The summed E-state index contributed by atoms with van der Waals surface area (Å²) < 4.78 is 0. The molecule has 0 aliphatic carbocycles. The van der Waals surface area contributed by atoms with E-state index >= 15 is 0 Å². The summed E-state index contributed by atoms with van der Waals surface area (Å²) >= 11 is 0. The quantitative estimate of drug-likeness (QED) is 0.0496. The highest BCUT2D eigenvalue weighted by atomic mass is 16.3. The molecule has 0 spiro atoms. The topological polar surface area (TPSA) is 69.6 Å². The molecular weight excluding hydrogens is 530 g/mol. The van der Waals surface area contributed by atoms with E-state index in [0.29, 0.717) is 12.8 Å². The van der Waals surface area contributed by atoms with E-state index in [-0.39, 0.29) is 12.5 Å². The number of carbonyl (C=O) groups is 1. The Morgan fingerprint density at radius 2 is 0.884 bits per heavy atom. The number of carbonyl (C=O) groups excluding carboxylic acids is 1. The minimum atomic E-state index is -0.665. The van der Waals surface area contributed by atoms with Crippen molar-refractivity contribution in [1.29, 1.82) is 0 Å². The molecule has 2 unspecified atom stereocenters. The lowest BCUT2D eigenvalue weighted by Crippen LogP contribution is -2.45. The summed E-state index contributed by atoms with van der Waals surface area (Å²) in [6, 6.07) is -0.545. The van der Waals surface area contributed by atoms with Crippen LogP contribution in [0.25, 0.3) is 0 Å². The van der Waals surface area contributed by atoms with E-state index in [2.05, 4.69) is 31.3 Å². The van der Waals surface area contributed by atoms with E-state index < -0.39 is 12.1 Å². The van der Waals surface area contributed by atoms with Gasteiger partial charge in [0, 0.05) is 6.42 Å². The molecule has 0 aliphatic heterocycles. The van der Waals surface area contributed by atoms with Crippen molar-refractivity contribution in [2.45, 2.75) is 225 Å². The van der Waals surface area contributed by atoms with Crippen molar-refractivity contribution < 1.29 is 15.0 Å². The predicted octanol–water partition coefficient (Wildman–Crippen LogP) is 11.5. The highest BCUT2D eigenvalue weighted by molar-refractivity contribution is 5.76. The molecule has 0 bridgehead atoms. The summed E-state index contributed by atoms with van der Waals surface area (Å²) in [6.45, 7) is 4.31. The second kappa shape index (κ2) is 35.6. The number of amides is 1. The largest absolute Gasteiger partial charge is 0.394 e. The Bertz CT molecular complexity index is 579. The van der Waals surface area contributed by atoms with Crippen molar-refractivity contribution in [3.63, 3.8) is 0 Å². The van der Waals surface area contributed by atoms with Crippen LogP contribution in [0.15, 0.2) is 12.2 Å². The van der Waals surface area contributed by atoms with E-state index in [0.717, 1.165) is 32.1 Å². The summed E-state index contributed by atoms with van der Waals surface area (Å²) in [5, 5.41) is 23.0. The third kappa shape index (κ3) is 32.3. The number of allylic oxidation sites excluding steroid dienone is 2. The number of unbranched alkanes of at least 4 members (excludes halogenated alkanes) is 26.